The summed E-state index contributed by atoms with van der Waals surface area (Å²) in [4.78, 5) is 13.0. The molecule has 0 bridgehead atoms. The van der Waals surface area contributed by atoms with Crippen LogP contribution in [0.4, 0.5) is 4.39 Å². The molecule has 1 aliphatic heterocycles. The number of likely N-dealkylation sites (tertiary alicyclic amines) is 1. The maximum atomic E-state index is 13.5. The standard InChI is InChI=1S/C10H18FNO3S/c1-7(2)10(13)12-5-8(11)9(6-12)15-16(3,4)14/h7-9H,3,5-6H2,1-2,4H3/t8-,9-,16?/m1/s1. The molecule has 1 heterocycles. The summed E-state index contributed by atoms with van der Waals surface area (Å²) in [5.74, 6) is 3.03. The van der Waals surface area contributed by atoms with E-state index in [1.807, 2.05) is 0 Å². The van der Waals surface area contributed by atoms with Gasteiger partial charge in [0.05, 0.1) is 22.9 Å². The minimum absolute atomic E-state index is 0.0111. The number of rotatable bonds is 3. The van der Waals surface area contributed by atoms with Gasteiger partial charge in [-0.2, -0.15) is 0 Å². The molecular formula is C10H18FNO3S. The van der Waals surface area contributed by atoms with Crippen molar-refractivity contribution in [3.8, 4) is 0 Å². The van der Waals surface area contributed by atoms with Crippen molar-refractivity contribution in [2.45, 2.75) is 26.1 Å². The molecule has 0 aromatic heterocycles. The third kappa shape index (κ3) is 3.45. The first-order valence-corrected chi connectivity index (χ1v) is 7.20. The van der Waals surface area contributed by atoms with Crippen LogP contribution < -0.4 is 0 Å². The Kier molecular flexibility index (Phi) is 3.96. The van der Waals surface area contributed by atoms with Gasteiger partial charge in [0.2, 0.25) is 5.91 Å². The summed E-state index contributed by atoms with van der Waals surface area (Å²) < 4.78 is 29.8. The van der Waals surface area contributed by atoms with Gasteiger partial charge >= 0.3 is 0 Å². The molecule has 4 nitrogen and oxygen atoms in total. The van der Waals surface area contributed by atoms with Gasteiger partial charge in [-0.05, 0) is 5.87 Å². The Balaban J connectivity index is 2.64. The van der Waals surface area contributed by atoms with Crippen LogP contribution in [-0.4, -0.2) is 52.5 Å². The minimum Gasteiger partial charge on any atom is -0.337 e. The van der Waals surface area contributed by atoms with Gasteiger partial charge in [-0.3, -0.25) is 8.98 Å². The van der Waals surface area contributed by atoms with Crippen LogP contribution in [0.25, 0.3) is 0 Å². The van der Waals surface area contributed by atoms with E-state index in [4.69, 9.17) is 4.18 Å². The zero-order valence-corrected chi connectivity index (χ0v) is 10.6. The second-order valence-electron chi connectivity index (χ2n) is 4.47. The molecule has 6 heteroatoms. The van der Waals surface area contributed by atoms with Gasteiger partial charge in [0.25, 0.3) is 0 Å². The number of amides is 1. The Labute approximate surface area is 96.0 Å². The fraction of sp³-hybridized carbons (Fsp3) is 0.800. The van der Waals surface area contributed by atoms with Crippen LogP contribution in [0.15, 0.2) is 0 Å². The molecule has 1 unspecified atom stereocenters. The predicted octanol–water partition coefficient (Wildman–Crippen LogP) is 0.469. The highest BCUT2D eigenvalue weighted by molar-refractivity contribution is 7.95. The molecule has 0 saturated carbocycles. The van der Waals surface area contributed by atoms with Crippen molar-refractivity contribution in [2.75, 3.05) is 19.3 Å². The maximum Gasteiger partial charge on any atom is 0.225 e. The highest BCUT2D eigenvalue weighted by atomic mass is 32.2. The second-order valence-corrected chi connectivity index (χ2v) is 6.52. The first-order valence-electron chi connectivity index (χ1n) is 5.14. The van der Waals surface area contributed by atoms with Crippen LogP contribution in [0.2, 0.25) is 0 Å². The predicted molar refractivity (Wildman–Crippen MR) is 62.4 cm³/mol. The van der Waals surface area contributed by atoms with Gasteiger partial charge in [0.15, 0.2) is 0 Å². The molecule has 94 valence electrons. The lowest BCUT2D eigenvalue weighted by Gasteiger charge is -2.18. The van der Waals surface area contributed by atoms with E-state index in [9.17, 15) is 13.4 Å². The summed E-state index contributed by atoms with van der Waals surface area (Å²) >= 11 is 0. The van der Waals surface area contributed by atoms with Crippen molar-refractivity contribution >= 4 is 21.6 Å². The largest absolute Gasteiger partial charge is 0.337 e. The molecule has 1 rings (SSSR count). The van der Waals surface area contributed by atoms with Crippen molar-refractivity contribution in [3.05, 3.63) is 0 Å². The van der Waals surface area contributed by atoms with Gasteiger partial charge in [-0.25, -0.2) is 8.60 Å². The smallest absolute Gasteiger partial charge is 0.225 e. The summed E-state index contributed by atoms with van der Waals surface area (Å²) in [6.07, 6.45) is -0.796. The molecule has 0 aromatic carbocycles. The van der Waals surface area contributed by atoms with Crippen LogP contribution in [0.5, 0.6) is 0 Å². The van der Waals surface area contributed by atoms with Gasteiger partial charge < -0.3 is 4.90 Å². The molecule has 0 aromatic rings. The molecule has 1 aliphatic rings. The first-order chi connectivity index (χ1) is 7.20. The normalized spacial score (nSPS) is 29.4. The molecule has 1 fully saturated rings. The lowest BCUT2D eigenvalue weighted by molar-refractivity contribution is -0.133. The number of alkyl halides is 1. The van der Waals surface area contributed by atoms with Gasteiger partial charge in [0, 0.05) is 12.2 Å². The van der Waals surface area contributed by atoms with E-state index in [0.29, 0.717) is 0 Å². The summed E-state index contributed by atoms with van der Waals surface area (Å²) in [7, 11) is -2.69. The van der Waals surface area contributed by atoms with E-state index in [1.54, 1.807) is 13.8 Å². The van der Waals surface area contributed by atoms with Crippen molar-refractivity contribution < 1.29 is 17.6 Å². The van der Waals surface area contributed by atoms with E-state index in [0.717, 1.165) is 0 Å². The molecule has 0 radical (unpaired) electrons. The van der Waals surface area contributed by atoms with E-state index in [-0.39, 0.29) is 24.9 Å². The summed E-state index contributed by atoms with van der Waals surface area (Å²) in [5, 5.41) is 0. The Morgan fingerprint density at radius 1 is 1.56 bits per heavy atom. The molecular weight excluding hydrogens is 233 g/mol. The first kappa shape index (κ1) is 13.4. The average Bonchev–Trinajstić information content (AvgIpc) is 2.43. The SMILES string of the molecule is C=S(C)(=O)O[C@@H]1CN(C(=O)C(C)C)C[C@H]1F. The highest BCUT2D eigenvalue weighted by Gasteiger charge is 2.37. The van der Waals surface area contributed by atoms with Gasteiger partial charge in [0.1, 0.15) is 12.3 Å². The second kappa shape index (κ2) is 4.71. The van der Waals surface area contributed by atoms with Crippen molar-refractivity contribution in [3.63, 3.8) is 0 Å². The quantitative estimate of drug-likeness (QED) is 0.685. The Morgan fingerprint density at radius 3 is 2.56 bits per heavy atom. The highest BCUT2D eigenvalue weighted by Crippen LogP contribution is 2.20. The fourth-order valence-corrected chi connectivity index (χ4v) is 2.34. The van der Waals surface area contributed by atoms with E-state index < -0.39 is 22.1 Å². The molecule has 0 N–H and O–H groups in total. The Morgan fingerprint density at radius 2 is 2.12 bits per heavy atom. The van der Waals surface area contributed by atoms with Crippen LogP contribution >= 0.6 is 0 Å². The van der Waals surface area contributed by atoms with Crippen LogP contribution in [0.3, 0.4) is 0 Å². The summed E-state index contributed by atoms with van der Waals surface area (Å²) in [6.45, 7) is 3.68. The number of carbonyl (C=O) groups is 1. The molecule has 0 aliphatic carbocycles. The lowest BCUT2D eigenvalue weighted by Crippen LogP contribution is -2.33. The van der Waals surface area contributed by atoms with Crippen LogP contribution in [0, 0.1) is 5.92 Å². The number of hydrogen-bond donors (Lipinski definition) is 0. The number of halogens is 1. The van der Waals surface area contributed by atoms with Gasteiger partial charge in [-0.15, -0.1) is 0 Å². The number of nitrogens with zero attached hydrogens (tertiary/aromatic N) is 1. The van der Waals surface area contributed by atoms with E-state index in [1.165, 1.54) is 11.2 Å². The zero-order chi connectivity index (χ0) is 12.5. The van der Waals surface area contributed by atoms with Crippen LogP contribution in [0.1, 0.15) is 13.8 Å². The molecule has 3 atom stereocenters. The maximum absolute atomic E-state index is 13.5. The zero-order valence-electron chi connectivity index (χ0n) is 9.81. The van der Waals surface area contributed by atoms with Crippen LogP contribution in [-0.2, 0) is 18.8 Å². The van der Waals surface area contributed by atoms with Crippen molar-refractivity contribution in [1.82, 2.24) is 4.90 Å². The summed E-state index contributed by atoms with van der Waals surface area (Å²) in [5.41, 5.74) is 0. The molecule has 0 spiro atoms. The fourth-order valence-electron chi connectivity index (χ4n) is 1.63. The molecule has 1 amide bonds. The number of hydrogen-bond acceptors (Lipinski definition) is 3. The van der Waals surface area contributed by atoms with Crippen molar-refractivity contribution in [1.29, 1.82) is 0 Å². The monoisotopic (exact) mass is 251 g/mol. The summed E-state index contributed by atoms with van der Waals surface area (Å²) in [6, 6.07) is 0. The number of carbonyl (C=O) groups excluding carboxylic acids is 1. The Bertz CT molecular complexity index is 366. The van der Waals surface area contributed by atoms with Gasteiger partial charge in [-0.1, -0.05) is 13.8 Å². The van der Waals surface area contributed by atoms with E-state index in [2.05, 4.69) is 5.87 Å². The van der Waals surface area contributed by atoms with E-state index >= 15 is 0 Å². The van der Waals surface area contributed by atoms with Crippen molar-refractivity contribution in [2.24, 2.45) is 5.92 Å². The Hall–Kier alpha value is -0.620. The molecule has 16 heavy (non-hydrogen) atoms. The minimum atomic E-state index is -2.69. The average molecular weight is 251 g/mol. The lowest BCUT2D eigenvalue weighted by atomic mass is 10.2. The topological polar surface area (TPSA) is 46.6 Å². The molecule has 1 saturated heterocycles. The third-order valence-electron chi connectivity index (χ3n) is 2.33. The third-order valence-corrected chi connectivity index (χ3v) is 2.99.